The van der Waals surface area contributed by atoms with Crippen molar-refractivity contribution >= 4 is 28.3 Å². The molecule has 0 radical (unpaired) electrons. The predicted molar refractivity (Wildman–Crippen MR) is 145 cm³/mol. The number of primary amides is 1. The summed E-state index contributed by atoms with van der Waals surface area (Å²) in [5.74, 6) is -0.576. The molecule has 11 heteroatoms. The highest BCUT2D eigenvalue weighted by Crippen LogP contribution is 2.39. The lowest BCUT2D eigenvalue weighted by molar-refractivity contribution is -0.139. The van der Waals surface area contributed by atoms with Crippen LogP contribution in [0.3, 0.4) is 0 Å². The zero-order valence-electron chi connectivity index (χ0n) is 21.7. The zero-order valence-corrected chi connectivity index (χ0v) is 22.6. The van der Waals surface area contributed by atoms with Crippen molar-refractivity contribution in [2.45, 2.75) is 32.7 Å². The third kappa shape index (κ3) is 5.80. The molecular weight excluding hydrogens is 527 g/mol. The summed E-state index contributed by atoms with van der Waals surface area (Å²) in [6.07, 6.45) is -3.84. The summed E-state index contributed by atoms with van der Waals surface area (Å²) in [5.41, 5.74) is 7.63. The van der Waals surface area contributed by atoms with E-state index in [1.165, 1.54) is 25.1 Å². The van der Waals surface area contributed by atoms with Crippen LogP contribution in [0.4, 0.5) is 13.2 Å². The molecule has 2 N–H and O–H groups in total. The first-order chi connectivity index (χ1) is 18.6. The van der Waals surface area contributed by atoms with Gasteiger partial charge in [-0.05, 0) is 37.2 Å². The molecule has 2 aromatic carbocycles. The van der Waals surface area contributed by atoms with Crippen molar-refractivity contribution in [3.05, 3.63) is 76.4 Å². The van der Waals surface area contributed by atoms with Crippen molar-refractivity contribution in [3.63, 3.8) is 0 Å². The Morgan fingerprint density at radius 3 is 2.51 bits per heavy atom. The number of nitrogens with zero attached hydrogens (tertiary/aromatic N) is 4. The van der Waals surface area contributed by atoms with Gasteiger partial charge in [0.2, 0.25) is 0 Å². The van der Waals surface area contributed by atoms with Crippen molar-refractivity contribution in [3.8, 4) is 10.8 Å². The van der Waals surface area contributed by atoms with Crippen LogP contribution in [-0.2, 0) is 12.7 Å². The maximum absolute atomic E-state index is 13.6. The van der Waals surface area contributed by atoms with Crippen molar-refractivity contribution < 1.29 is 22.7 Å². The van der Waals surface area contributed by atoms with Crippen LogP contribution in [0, 0.1) is 0 Å². The second-order valence-corrected chi connectivity index (χ2v) is 10.7. The molecule has 5 rings (SSSR count). The largest absolute Gasteiger partial charge is 0.484 e. The van der Waals surface area contributed by atoms with Gasteiger partial charge in [-0.15, -0.1) is 11.3 Å². The average molecular weight is 558 g/mol. The van der Waals surface area contributed by atoms with E-state index in [1.807, 2.05) is 10.6 Å². The third-order valence-corrected chi connectivity index (χ3v) is 8.21. The van der Waals surface area contributed by atoms with Crippen molar-refractivity contribution in [2.24, 2.45) is 5.73 Å². The number of amides is 1. The van der Waals surface area contributed by atoms with Crippen molar-refractivity contribution in [1.29, 1.82) is 0 Å². The first kappa shape index (κ1) is 27.2. The van der Waals surface area contributed by atoms with Gasteiger partial charge in [0.05, 0.1) is 16.6 Å². The van der Waals surface area contributed by atoms with Gasteiger partial charge >= 0.3 is 6.18 Å². The number of rotatable bonds is 8. The number of likely N-dealkylation sites (N-methyl/N-ethyl adjacent to an activating group) is 1. The van der Waals surface area contributed by atoms with Crippen LogP contribution < -0.4 is 10.5 Å². The molecule has 1 aliphatic heterocycles. The number of imidazole rings is 1. The minimum absolute atomic E-state index is 0.0225. The van der Waals surface area contributed by atoms with Crippen molar-refractivity contribution in [1.82, 2.24) is 19.4 Å². The normalized spacial score (nSPS) is 16.0. The van der Waals surface area contributed by atoms with Gasteiger partial charge in [-0.25, -0.2) is 4.98 Å². The summed E-state index contributed by atoms with van der Waals surface area (Å²) >= 11 is 1.12. The maximum atomic E-state index is 13.6. The van der Waals surface area contributed by atoms with Crippen LogP contribution in [0.25, 0.3) is 16.0 Å². The molecule has 1 saturated heterocycles. The molecule has 1 unspecified atom stereocenters. The number of hydrogen-bond acceptors (Lipinski definition) is 6. The van der Waals surface area contributed by atoms with Gasteiger partial charge < -0.3 is 15.4 Å². The second kappa shape index (κ2) is 11.0. The molecule has 3 heterocycles. The van der Waals surface area contributed by atoms with Crippen LogP contribution in [0.5, 0.6) is 5.75 Å². The lowest BCUT2D eigenvalue weighted by atomic mass is 10.0. The molecule has 0 bridgehead atoms. The fraction of sp³-hybridized carbons (Fsp3) is 0.357. The summed E-state index contributed by atoms with van der Waals surface area (Å²) in [6, 6.07) is 13.0. The summed E-state index contributed by atoms with van der Waals surface area (Å²) in [6.45, 7) is 9.70. The van der Waals surface area contributed by atoms with Crippen molar-refractivity contribution in [2.75, 3.05) is 32.7 Å². The minimum atomic E-state index is -4.53. The molecule has 1 amide bonds. The van der Waals surface area contributed by atoms with Gasteiger partial charge in [-0.1, -0.05) is 31.2 Å². The smallest absolute Gasteiger partial charge is 0.416 e. The number of ether oxygens (including phenoxy) is 1. The predicted octanol–water partition coefficient (Wildman–Crippen LogP) is 5.48. The molecule has 2 aromatic heterocycles. The standard InChI is InChI=1S/C28H30F3N5O2S/c1-3-34-10-12-35(13-11-34)16-19-8-9-22-23(14-19)36(17-33-22)25-15-24(26(39-25)27(32)37)38-18(2)20-6-4-5-7-21(20)28(29,30)31/h4-9,14-15,17-18H,3,10-13,16H2,1-2H3,(H2,32,37). The van der Waals surface area contributed by atoms with E-state index in [1.54, 1.807) is 12.4 Å². The summed E-state index contributed by atoms with van der Waals surface area (Å²) in [4.78, 5) is 21.8. The Morgan fingerprint density at radius 1 is 1.10 bits per heavy atom. The Labute approximate surface area is 228 Å². The minimum Gasteiger partial charge on any atom is -0.484 e. The molecule has 4 aromatic rings. The molecule has 7 nitrogen and oxygen atoms in total. The number of fused-ring (bicyclic) bond motifs is 1. The lowest BCUT2D eigenvalue weighted by Crippen LogP contribution is -2.45. The van der Waals surface area contributed by atoms with E-state index in [-0.39, 0.29) is 16.2 Å². The van der Waals surface area contributed by atoms with Crippen LogP contribution in [0.1, 0.15) is 46.3 Å². The number of carbonyl (C=O) groups excluding carboxylic acids is 1. The number of halogens is 3. The van der Waals surface area contributed by atoms with E-state index in [9.17, 15) is 18.0 Å². The Bertz CT molecular complexity index is 1470. The number of hydrogen-bond donors (Lipinski definition) is 1. The fourth-order valence-corrected chi connectivity index (χ4v) is 5.88. The molecule has 39 heavy (non-hydrogen) atoms. The summed E-state index contributed by atoms with van der Waals surface area (Å²) in [5, 5.41) is 0.631. The third-order valence-electron chi connectivity index (χ3n) is 7.08. The van der Waals surface area contributed by atoms with E-state index in [2.05, 4.69) is 33.8 Å². The van der Waals surface area contributed by atoms with Gasteiger partial charge in [0.1, 0.15) is 28.1 Å². The SMILES string of the molecule is CCN1CCN(Cc2ccc3ncn(-c4cc(OC(C)c5ccccc5C(F)(F)F)c(C(N)=O)s4)c3c2)CC1. The van der Waals surface area contributed by atoms with E-state index < -0.39 is 23.8 Å². The lowest BCUT2D eigenvalue weighted by Gasteiger charge is -2.34. The topological polar surface area (TPSA) is 76.6 Å². The highest BCUT2D eigenvalue weighted by atomic mass is 32.1. The number of thiophene rings is 1. The van der Waals surface area contributed by atoms with E-state index in [0.29, 0.717) is 5.00 Å². The fourth-order valence-electron chi connectivity index (χ4n) is 4.95. The highest BCUT2D eigenvalue weighted by Gasteiger charge is 2.35. The van der Waals surface area contributed by atoms with Gasteiger partial charge in [-0.2, -0.15) is 13.2 Å². The quantitative estimate of drug-likeness (QED) is 0.310. The summed E-state index contributed by atoms with van der Waals surface area (Å²) < 4.78 is 48.5. The first-order valence-electron chi connectivity index (χ1n) is 12.8. The first-order valence-corrected chi connectivity index (χ1v) is 13.6. The maximum Gasteiger partial charge on any atom is 0.416 e. The van der Waals surface area contributed by atoms with Gasteiger partial charge in [0.25, 0.3) is 5.91 Å². The molecular formula is C28H30F3N5O2S. The van der Waals surface area contributed by atoms with E-state index in [0.717, 1.165) is 73.3 Å². The van der Waals surface area contributed by atoms with Gasteiger partial charge in [0, 0.05) is 44.4 Å². The number of piperazine rings is 1. The number of alkyl halides is 3. The monoisotopic (exact) mass is 557 g/mol. The molecule has 1 aliphatic rings. The Kier molecular flexibility index (Phi) is 7.66. The van der Waals surface area contributed by atoms with Crippen LogP contribution in [0.15, 0.2) is 54.9 Å². The van der Waals surface area contributed by atoms with Gasteiger partial charge in [-0.3, -0.25) is 14.3 Å². The number of benzene rings is 2. The Morgan fingerprint density at radius 2 is 1.82 bits per heavy atom. The molecule has 1 atom stereocenters. The number of carbonyl (C=O) groups is 1. The van der Waals surface area contributed by atoms with E-state index in [4.69, 9.17) is 10.5 Å². The van der Waals surface area contributed by atoms with Crippen LogP contribution in [0.2, 0.25) is 0 Å². The highest BCUT2D eigenvalue weighted by molar-refractivity contribution is 7.16. The van der Waals surface area contributed by atoms with Crippen LogP contribution >= 0.6 is 11.3 Å². The molecule has 1 fully saturated rings. The molecule has 206 valence electrons. The van der Waals surface area contributed by atoms with E-state index >= 15 is 0 Å². The Balaban J connectivity index is 1.42. The number of nitrogens with two attached hydrogens (primary N) is 1. The Hall–Kier alpha value is -3.41. The summed E-state index contributed by atoms with van der Waals surface area (Å²) in [7, 11) is 0. The van der Waals surface area contributed by atoms with Gasteiger partial charge in [0.15, 0.2) is 0 Å². The van der Waals surface area contributed by atoms with Crippen LogP contribution in [-0.4, -0.2) is 58.0 Å². The molecule has 0 spiro atoms. The second-order valence-electron chi connectivity index (χ2n) is 9.64. The average Bonchev–Trinajstić information content (AvgIpc) is 3.52. The zero-order chi connectivity index (χ0) is 27.7. The number of aromatic nitrogens is 2. The molecule has 0 aliphatic carbocycles. The molecule has 0 saturated carbocycles.